The van der Waals surface area contributed by atoms with E-state index in [1.165, 1.54) is 6.21 Å². The predicted molar refractivity (Wildman–Crippen MR) is 96.2 cm³/mol. The lowest BCUT2D eigenvalue weighted by Crippen LogP contribution is -2.39. The molecule has 0 radical (unpaired) electrons. The van der Waals surface area contributed by atoms with Crippen LogP contribution in [-0.4, -0.2) is 41.8 Å². The molecule has 1 saturated heterocycles. The van der Waals surface area contributed by atoms with E-state index in [-0.39, 0.29) is 17.6 Å². The Labute approximate surface area is 142 Å². The van der Waals surface area contributed by atoms with Gasteiger partial charge in [0.15, 0.2) is 0 Å². The van der Waals surface area contributed by atoms with Crippen molar-refractivity contribution in [3.8, 4) is 5.75 Å². The highest BCUT2D eigenvalue weighted by atomic mass is 16.3. The van der Waals surface area contributed by atoms with E-state index in [4.69, 9.17) is 0 Å². The number of nitrogens with one attached hydrogen (secondary N) is 1. The monoisotopic (exact) mass is 325 g/mol. The molecule has 126 valence electrons. The van der Waals surface area contributed by atoms with Gasteiger partial charge in [-0.3, -0.25) is 4.79 Å². The lowest BCUT2D eigenvalue weighted by Gasteiger charge is -2.29. The topological polar surface area (TPSA) is 64.9 Å². The van der Waals surface area contributed by atoms with Crippen LogP contribution >= 0.6 is 0 Å². The van der Waals surface area contributed by atoms with Gasteiger partial charge in [0.1, 0.15) is 5.75 Å². The van der Waals surface area contributed by atoms with Crippen molar-refractivity contribution >= 4 is 22.9 Å². The lowest BCUT2D eigenvalue weighted by atomic mass is 9.96. The number of amides is 1. The zero-order valence-electron chi connectivity index (χ0n) is 13.9. The smallest absolute Gasteiger partial charge is 0.243 e. The van der Waals surface area contributed by atoms with Crippen molar-refractivity contribution in [2.75, 3.05) is 19.6 Å². The number of carbonyl (C=O) groups excluding carboxylic acids is 1. The number of phenols is 1. The molecule has 1 amide bonds. The SMILES string of the molecule is CCN1CCC(C(=O)NN=Cc2c(O)ccc3ccccc23)CC1. The van der Waals surface area contributed by atoms with Gasteiger partial charge in [0.2, 0.25) is 5.91 Å². The summed E-state index contributed by atoms with van der Waals surface area (Å²) in [5.41, 5.74) is 3.25. The molecule has 0 saturated carbocycles. The highest BCUT2D eigenvalue weighted by molar-refractivity contribution is 6.02. The summed E-state index contributed by atoms with van der Waals surface area (Å²) in [5, 5.41) is 16.1. The van der Waals surface area contributed by atoms with E-state index in [0.29, 0.717) is 5.56 Å². The van der Waals surface area contributed by atoms with E-state index in [0.717, 1.165) is 43.2 Å². The van der Waals surface area contributed by atoms with Crippen molar-refractivity contribution in [1.29, 1.82) is 0 Å². The number of rotatable bonds is 4. The molecule has 24 heavy (non-hydrogen) atoms. The summed E-state index contributed by atoms with van der Waals surface area (Å²) in [4.78, 5) is 14.6. The van der Waals surface area contributed by atoms with Gasteiger partial charge in [0, 0.05) is 11.5 Å². The number of fused-ring (bicyclic) bond motifs is 1. The number of benzene rings is 2. The van der Waals surface area contributed by atoms with Crippen LogP contribution in [0, 0.1) is 5.92 Å². The van der Waals surface area contributed by atoms with E-state index in [2.05, 4.69) is 22.4 Å². The van der Waals surface area contributed by atoms with Gasteiger partial charge < -0.3 is 10.0 Å². The first-order valence-corrected chi connectivity index (χ1v) is 8.45. The number of nitrogens with zero attached hydrogens (tertiary/aromatic N) is 2. The van der Waals surface area contributed by atoms with Gasteiger partial charge in [0.05, 0.1) is 6.21 Å². The van der Waals surface area contributed by atoms with E-state index < -0.39 is 0 Å². The maximum absolute atomic E-state index is 12.2. The van der Waals surface area contributed by atoms with Gasteiger partial charge in [-0.25, -0.2) is 5.43 Å². The predicted octanol–water partition coefficient (Wildman–Crippen LogP) is 2.73. The van der Waals surface area contributed by atoms with E-state index >= 15 is 0 Å². The minimum absolute atomic E-state index is 0.0195. The van der Waals surface area contributed by atoms with E-state index in [1.54, 1.807) is 6.07 Å². The van der Waals surface area contributed by atoms with Crippen LogP contribution in [0.3, 0.4) is 0 Å². The van der Waals surface area contributed by atoms with Crippen LogP contribution in [0.1, 0.15) is 25.3 Å². The van der Waals surface area contributed by atoms with Gasteiger partial charge in [-0.1, -0.05) is 37.3 Å². The van der Waals surface area contributed by atoms with Gasteiger partial charge in [0.25, 0.3) is 0 Å². The van der Waals surface area contributed by atoms with Crippen molar-refractivity contribution in [1.82, 2.24) is 10.3 Å². The Bertz CT molecular complexity index is 749. The zero-order chi connectivity index (χ0) is 16.9. The summed E-state index contributed by atoms with van der Waals surface area (Å²) >= 11 is 0. The molecule has 1 aliphatic heterocycles. The maximum Gasteiger partial charge on any atom is 0.243 e. The Morgan fingerprint density at radius 1 is 1.29 bits per heavy atom. The number of likely N-dealkylation sites (tertiary alicyclic amines) is 1. The number of piperidine rings is 1. The van der Waals surface area contributed by atoms with Gasteiger partial charge in [-0.15, -0.1) is 0 Å². The highest BCUT2D eigenvalue weighted by Crippen LogP contribution is 2.25. The van der Waals surface area contributed by atoms with Crippen molar-refractivity contribution < 1.29 is 9.90 Å². The minimum atomic E-state index is -0.0401. The lowest BCUT2D eigenvalue weighted by molar-refractivity contribution is -0.126. The fourth-order valence-electron chi connectivity index (χ4n) is 3.18. The molecule has 0 atom stereocenters. The molecular formula is C19H23N3O2. The number of hydrogen-bond acceptors (Lipinski definition) is 4. The normalized spacial score (nSPS) is 16.7. The fraction of sp³-hybridized carbons (Fsp3) is 0.368. The summed E-state index contributed by atoms with van der Waals surface area (Å²) in [6.07, 6.45) is 3.26. The van der Waals surface area contributed by atoms with Crippen LogP contribution in [0.25, 0.3) is 10.8 Å². The third-order valence-corrected chi connectivity index (χ3v) is 4.72. The molecule has 1 aliphatic rings. The Balaban J connectivity index is 1.67. The van der Waals surface area contributed by atoms with E-state index in [1.807, 2.05) is 30.3 Å². The first-order chi connectivity index (χ1) is 11.7. The zero-order valence-corrected chi connectivity index (χ0v) is 13.9. The van der Waals surface area contributed by atoms with Crippen LogP contribution in [0.15, 0.2) is 41.5 Å². The number of aromatic hydroxyl groups is 1. The molecule has 5 nitrogen and oxygen atoms in total. The van der Waals surface area contributed by atoms with Gasteiger partial charge in [-0.2, -0.15) is 5.10 Å². The second-order valence-electron chi connectivity index (χ2n) is 6.16. The van der Waals surface area contributed by atoms with Crippen molar-refractivity contribution in [3.05, 3.63) is 42.0 Å². The minimum Gasteiger partial charge on any atom is -0.507 e. The quantitative estimate of drug-likeness (QED) is 0.671. The molecule has 0 bridgehead atoms. The van der Waals surface area contributed by atoms with Crippen LogP contribution in [0.2, 0.25) is 0 Å². The van der Waals surface area contributed by atoms with Crippen LogP contribution in [0.4, 0.5) is 0 Å². The van der Waals surface area contributed by atoms with Gasteiger partial charge >= 0.3 is 0 Å². The molecule has 2 N–H and O–H groups in total. The number of carbonyl (C=O) groups is 1. The number of hydrazone groups is 1. The fourth-order valence-corrected chi connectivity index (χ4v) is 3.18. The van der Waals surface area contributed by atoms with Crippen molar-refractivity contribution in [2.24, 2.45) is 11.0 Å². The number of hydrogen-bond donors (Lipinski definition) is 2. The first kappa shape index (κ1) is 16.5. The second kappa shape index (κ2) is 7.45. The molecule has 1 fully saturated rings. The Morgan fingerprint density at radius 3 is 2.79 bits per heavy atom. The molecule has 5 heteroatoms. The van der Waals surface area contributed by atoms with Crippen molar-refractivity contribution in [3.63, 3.8) is 0 Å². The average molecular weight is 325 g/mol. The summed E-state index contributed by atoms with van der Waals surface area (Å²) in [6, 6.07) is 11.3. The molecule has 0 unspecified atom stereocenters. The highest BCUT2D eigenvalue weighted by Gasteiger charge is 2.23. The van der Waals surface area contributed by atoms with Crippen LogP contribution in [-0.2, 0) is 4.79 Å². The molecule has 1 heterocycles. The van der Waals surface area contributed by atoms with Crippen LogP contribution < -0.4 is 5.43 Å². The van der Waals surface area contributed by atoms with E-state index in [9.17, 15) is 9.90 Å². The summed E-state index contributed by atoms with van der Waals surface area (Å²) in [5.74, 6) is 0.135. The molecule has 0 aliphatic carbocycles. The van der Waals surface area contributed by atoms with Crippen molar-refractivity contribution in [2.45, 2.75) is 19.8 Å². The van der Waals surface area contributed by atoms with Crippen LogP contribution in [0.5, 0.6) is 5.75 Å². The summed E-state index contributed by atoms with van der Waals surface area (Å²) in [7, 11) is 0. The summed E-state index contributed by atoms with van der Waals surface area (Å²) in [6.45, 7) is 5.10. The Hall–Kier alpha value is -2.40. The molecule has 3 rings (SSSR count). The molecule has 0 spiro atoms. The average Bonchev–Trinajstić information content (AvgIpc) is 2.63. The Morgan fingerprint density at radius 2 is 2.04 bits per heavy atom. The molecule has 2 aromatic carbocycles. The first-order valence-electron chi connectivity index (χ1n) is 8.45. The molecule has 0 aromatic heterocycles. The summed E-state index contributed by atoms with van der Waals surface area (Å²) < 4.78 is 0. The standard InChI is InChI=1S/C19H23N3O2/c1-2-22-11-9-15(10-12-22)19(24)21-20-13-17-16-6-4-3-5-14(16)7-8-18(17)23/h3-8,13,15,23H,2,9-12H2,1H3,(H,21,24). The maximum atomic E-state index is 12.2. The number of phenolic OH excluding ortho intramolecular Hbond substituents is 1. The third-order valence-electron chi connectivity index (χ3n) is 4.72. The van der Waals surface area contributed by atoms with Gasteiger partial charge in [-0.05, 0) is 49.3 Å². The molecule has 2 aromatic rings. The third kappa shape index (κ3) is 3.57. The largest absolute Gasteiger partial charge is 0.507 e. The molecular weight excluding hydrogens is 302 g/mol. The Kier molecular flexibility index (Phi) is 5.11. The second-order valence-corrected chi connectivity index (χ2v) is 6.16.